The molecule has 4 rings (SSSR count). The highest BCUT2D eigenvalue weighted by Gasteiger charge is 2.26. The first kappa shape index (κ1) is 11.4. The first-order valence-corrected chi connectivity index (χ1v) is 7.46. The normalized spacial score (nSPS) is 17.8. The summed E-state index contributed by atoms with van der Waals surface area (Å²) in [6.07, 6.45) is 1.03. The second kappa shape index (κ2) is 4.29. The number of hydrogen-bond acceptors (Lipinski definition) is 2. The Morgan fingerprint density at radius 3 is 2.89 bits per heavy atom. The fourth-order valence-electron chi connectivity index (χ4n) is 2.50. The third-order valence-corrected chi connectivity index (χ3v) is 5.07. The van der Waals surface area contributed by atoms with Crippen molar-refractivity contribution in [2.24, 2.45) is 0 Å². The van der Waals surface area contributed by atoms with E-state index >= 15 is 0 Å². The first-order valence-electron chi connectivity index (χ1n) is 6.20. The zero-order valence-corrected chi connectivity index (χ0v) is 11.6. The lowest BCUT2D eigenvalue weighted by Crippen LogP contribution is -1.94. The van der Waals surface area contributed by atoms with Crippen molar-refractivity contribution < 1.29 is 0 Å². The molecule has 19 heavy (non-hydrogen) atoms. The third-order valence-electron chi connectivity index (χ3n) is 3.43. The summed E-state index contributed by atoms with van der Waals surface area (Å²) in [5.41, 5.74) is 3.29. The van der Waals surface area contributed by atoms with E-state index in [0.717, 1.165) is 23.3 Å². The summed E-state index contributed by atoms with van der Waals surface area (Å²) >= 11 is 8.05. The van der Waals surface area contributed by atoms with Gasteiger partial charge >= 0.3 is 0 Å². The van der Waals surface area contributed by atoms with Crippen LogP contribution in [0.4, 0.5) is 0 Å². The number of rotatable bonds is 1. The summed E-state index contributed by atoms with van der Waals surface area (Å²) in [4.78, 5) is 9.43. The molecule has 4 heteroatoms. The van der Waals surface area contributed by atoms with Crippen LogP contribution in [0.3, 0.4) is 0 Å². The van der Waals surface area contributed by atoms with Crippen LogP contribution in [0.1, 0.15) is 16.6 Å². The lowest BCUT2D eigenvalue weighted by atomic mass is 10.1. The maximum absolute atomic E-state index is 6.18. The monoisotopic (exact) mass is 286 g/mol. The minimum Gasteiger partial charge on any atom is -0.341 e. The second-order valence-electron chi connectivity index (χ2n) is 4.68. The molecule has 2 nitrogen and oxygen atoms in total. The molecular formula is C15H11ClN2S. The van der Waals surface area contributed by atoms with Gasteiger partial charge in [-0.15, -0.1) is 11.8 Å². The van der Waals surface area contributed by atoms with Crippen LogP contribution in [0, 0.1) is 0 Å². The summed E-state index contributed by atoms with van der Waals surface area (Å²) in [5, 5.41) is 1.07. The van der Waals surface area contributed by atoms with E-state index in [-0.39, 0.29) is 0 Å². The first-order chi connectivity index (χ1) is 9.31. The quantitative estimate of drug-likeness (QED) is 0.708. The maximum atomic E-state index is 6.18. The van der Waals surface area contributed by atoms with Crippen LogP contribution in [0.25, 0.3) is 11.0 Å². The van der Waals surface area contributed by atoms with Crippen LogP contribution in [0.15, 0.2) is 47.4 Å². The summed E-state index contributed by atoms with van der Waals surface area (Å²) in [7, 11) is 0. The van der Waals surface area contributed by atoms with Gasteiger partial charge in [-0.1, -0.05) is 35.9 Å². The van der Waals surface area contributed by atoms with Crippen LogP contribution in [0.2, 0.25) is 5.02 Å². The van der Waals surface area contributed by atoms with E-state index in [1.807, 2.05) is 30.0 Å². The molecule has 0 amide bonds. The molecule has 0 bridgehead atoms. The van der Waals surface area contributed by atoms with Crippen LogP contribution in [-0.4, -0.2) is 9.97 Å². The van der Waals surface area contributed by atoms with Crippen molar-refractivity contribution in [3.63, 3.8) is 0 Å². The minimum absolute atomic E-state index is 0.362. The zero-order valence-electron chi connectivity index (χ0n) is 10.1. The molecular weight excluding hydrogens is 276 g/mol. The van der Waals surface area contributed by atoms with Crippen LogP contribution in [0.5, 0.6) is 0 Å². The molecule has 1 aliphatic rings. The van der Waals surface area contributed by atoms with E-state index in [1.54, 1.807) is 0 Å². The molecule has 1 N–H and O–H groups in total. The molecule has 3 aromatic rings. The topological polar surface area (TPSA) is 28.7 Å². The van der Waals surface area contributed by atoms with Gasteiger partial charge < -0.3 is 4.98 Å². The van der Waals surface area contributed by atoms with Gasteiger partial charge in [-0.3, -0.25) is 0 Å². The number of aromatic amines is 1. The lowest BCUT2D eigenvalue weighted by molar-refractivity contribution is 0.881. The van der Waals surface area contributed by atoms with Gasteiger partial charge in [-0.25, -0.2) is 4.98 Å². The molecule has 0 aliphatic carbocycles. The number of hydrogen-bond donors (Lipinski definition) is 1. The molecule has 0 radical (unpaired) electrons. The Bertz CT molecular complexity index is 741. The number of imidazole rings is 1. The summed E-state index contributed by atoms with van der Waals surface area (Å²) < 4.78 is 0. The Hall–Kier alpha value is -1.45. The largest absolute Gasteiger partial charge is 0.341 e. The Labute approximate surface area is 120 Å². The Morgan fingerprint density at radius 2 is 2.05 bits per heavy atom. The molecule has 94 valence electrons. The van der Waals surface area contributed by atoms with Gasteiger partial charge in [0, 0.05) is 4.90 Å². The number of benzene rings is 2. The molecule has 2 aromatic carbocycles. The number of halogens is 1. The van der Waals surface area contributed by atoms with E-state index in [2.05, 4.69) is 34.2 Å². The average Bonchev–Trinajstić information content (AvgIpc) is 3.02. The SMILES string of the molecule is Clc1cccc2[nH]c(C3Cc4ccccc4S3)nc12. The van der Waals surface area contributed by atoms with Crippen LogP contribution in [-0.2, 0) is 6.42 Å². The third kappa shape index (κ3) is 1.85. The smallest absolute Gasteiger partial charge is 0.121 e. The maximum Gasteiger partial charge on any atom is 0.121 e. The number of nitrogens with zero attached hydrogens (tertiary/aromatic N) is 1. The number of aromatic nitrogens is 2. The van der Waals surface area contributed by atoms with Crippen LogP contribution < -0.4 is 0 Å². The van der Waals surface area contributed by atoms with Gasteiger partial charge in [0.25, 0.3) is 0 Å². The van der Waals surface area contributed by atoms with Crippen molar-refractivity contribution in [3.05, 3.63) is 58.9 Å². The average molecular weight is 287 g/mol. The van der Waals surface area contributed by atoms with E-state index in [4.69, 9.17) is 11.6 Å². The fourth-order valence-corrected chi connectivity index (χ4v) is 3.97. The molecule has 0 fully saturated rings. The second-order valence-corrected chi connectivity index (χ2v) is 6.33. The van der Waals surface area contributed by atoms with Crippen molar-refractivity contribution in [2.45, 2.75) is 16.6 Å². The standard InChI is InChI=1S/C15H11ClN2S/c16-10-5-3-6-11-14(10)18-15(17-11)13-8-9-4-1-2-7-12(9)19-13/h1-7,13H,8H2,(H,17,18). The highest BCUT2D eigenvalue weighted by molar-refractivity contribution is 7.99. The Balaban J connectivity index is 1.75. The van der Waals surface area contributed by atoms with Gasteiger partial charge in [0.2, 0.25) is 0 Å². The van der Waals surface area contributed by atoms with E-state index in [0.29, 0.717) is 10.3 Å². The predicted molar refractivity (Wildman–Crippen MR) is 79.8 cm³/mol. The van der Waals surface area contributed by atoms with Gasteiger partial charge in [-0.05, 0) is 30.2 Å². The summed E-state index contributed by atoms with van der Waals surface area (Å²) in [6, 6.07) is 14.4. The number of H-pyrrole nitrogens is 1. The molecule has 1 atom stereocenters. The van der Waals surface area contributed by atoms with Crippen molar-refractivity contribution in [2.75, 3.05) is 0 Å². The van der Waals surface area contributed by atoms with E-state index < -0.39 is 0 Å². The summed E-state index contributed by atoms with van der Waals surface area (Å²) in [5.74, 6) is 1.02. The van der Waals surface area contributed by atoms with Gasteiger partial charge in [0.15, 0.2) is 0 Å². The number of nitrogens with one attached hydrogen (secondary N) is 1. The van der Waals surface area contributed by atoms with Crippen molar-refractivity contribution >= 4 is 34.4 Å². The molecule has 1 aliphatic heterocycles. The Kier molecular flexibility index (Phi) is 2.57. The van der Waals surface area contributed by atoms with Gasteiger partial charge in [-0.2, -0.15) is 0 Å². The number of fused-ring (bicyclic) bond motifs is 2. The molecule has 0 saturated carbocycles. The predicted octanol–water partition coefficient (Wildman–Crippen LogP) is 4.61. The summed E-state index contributed by atoms with van der Waals surface area (Å²) in [6.45, 7) is 0. The zero-order chi connectivity index (χ0) is 12.8. The van der Waals surface area contributed by atoms with E-state index in [9.17, 15) is 0 Å². The van der Waals surface area contributed by atoms with Crippen molar-refractivity contribution in [1.82, 2.24) is 9.97 Å². The van der Waals surface area contributed by atoms with Gasteiger partial charge in [0.05, 0.1) is 15.8 Å². The highest BCUT2D eigenvalue weighted by Crippen LogP contribution is 2.45. The molecule has 0 saturated heterocycles. The van der Waals surface area contributed by atoms with Crippen molar-refractivity contribution in [3.8, 4) is 0 Å². The molecule has 0 spiro atoms. The van der Waals surface area contributed by atoms with Crippen LogP contribution >= 0.6 is 23.4 Å². The van der Waals surface area contributed by atoms with Gasteiger partial charge in [0.1, 0.15) is 11.3 Å². The molecule has 2 heterocycles. The lowest BCUT2D eigenvalue weighted by Gasteiger charge is -2.02. The minimum atomic E-state index is 0.362. The molecule has 1 aromatic heterocycles. The van der Waals surface area contributed by atoms with E-state index in [1.165, 1.54) is 10.5 Å². The fraction of sp³-hybridized carbons (Fsp3) is 0.133. The molecule has 1 unspecified atom stereocenters. The highest BCUT2D eigenvalue weighted by atomic mass is 35.5. The number of thioether (sulfide) groups is 1. The number of para-hydroxylation sites is 1. The Morgan fingerprint density at radius 1 is 1.16 bits per heavy atom. The van der Waals surface area contributed by atoms with Crippen molar-refractivity contribution in [1.29, 1.82) is 0 Å².